The average Bonchev–Trinajstić information content (AvgIpc) is 2.81. The Morgan fingerprint density at radius 1 is 1.62 bits per heavy atom. The van der Waals surface area contributed by atoms with Crippen LogP contribution < -0.4 is 10.6 Å². The SMILES string of the molecule is S=C(NC[C@@H]1CCCO1)Nc1cccnc1. The van der Waals surface area contributed by atoms with Gasteiger partial charge in [0.2, 0.25) is 0 Å². The van der Waals surface area contributed by atoms with Crippen LogP contribution in [-0.2, 0) is 4.74 Å². The van der Waals surface area contributed by atoms with E-state index in [1.807, 2.05) is 12.1 Å². The summed E-state index contributed by atoms with van der Waals surface area (Å²) in [6.07, 6.45) is 6.03. The summed E-state index contributed by atoms with van der Waals surface area (Å²) < 4.78 is 5.49. The molecule has 1 fully saturated rings. The summed E-state index contributed by atoms with van der Waals surface area (Å²) in [5, 5.41) is 6.82. The van der Waals surface area contributed by atoms with E-state index in [1.165, 1.54) is 0 Å². The molecule has 1 aromatic rings. The zero-order chi connectivity index (χ0) is 11.2. The van der Waals surface area contributed by atoms with Gasteiger partial charge in [-0.15, -0.1) is 0 Å². The minimum Gasteiger partial charge on any atom is -0.376 e. The maximum Gasteiger partial charge on any atom is 0.170 e. The van der Waals surface area contributed by atoms with E-state index in [9.17, 15) is 0 Å². The number of hydrogen-bond donors (Lipinski definition) is 2. The Morgan fingerprint density at radius 3 is 3.25 bits per heavy atom. The monoisotopic (exact) mass is 237 g/mol. The van der Waals surface area contributed by atoms with Crippen molar-refractivity contribution in [2.45, 2.75) is 18.9 Å². The van der Waals surface area contributed by atoms with Gasteiger partial charge in [-0.3, -0.25) is 4.98 Å². The van der Waals surface area contributed by atoms with Gasteiger partial charge in [-0.25, -0.2) is 0 Å². The van der Waals surface area contributed by atoms with E-state index in [2.05, 4.69) is 15.6 Å². The summed E-state index contributed by atoms with van der Waals surface area (Å²) in [6, 6.07) is 3.79. The molecule has 0 aliphatic carbocycles. The number of aromatic nitrogens is 1. The molecule has 0 bridgehead atoms. The molecule has 1 atom stereocenters. The molecule has 2 rings (SSSR count). The smallest absolute Gasteiger partial charge is 0.170 e. The third kappa shape index (κ3) is 3.43. The van der Waals surface area contributed by atoms with Crippen LogP contribution in [0.15, 0.2) is 24.5 Å². The number of ether oxygens (including phenoxy) is 1. The summed E-state index contributed by atoms with van der Waals surface area (Å²) in [5.74, 6) is 0. The first kappa shape index (κ1) is 11.3. The molecule has 16 heavy (non-hydrogen) atoms. The van der Waals surface area contributed by atoms with Gasteiger partial charge in [0, 0.05) is 19.3 Å². The Kier molecular flexibility index (Phi) is 4.07. The zero-order valence-corrected chi connectivity index (χ0v) is 9.80. The lowest BCUT2D eigenvalue weighted by molar-refractivity contribution is 0.114. The summed E-state index contributed by atoms with van der Waals surface area (Å²) in [7, 11) is 0. The van der Waals surface area contributed by atoms with Crippen LogP contribution >= 0.6 is 12.2 Å². The van der Waals surface area contributed by atoms with Crippen LogP contribution in [0.5, 0.6) is 0 Å². The molecule has 1 saturated heterocycles. The van der Waals surface area contributed by atoms with Crippen molar-refractivity contribution in [3.05, 3.63) is 24.5 Å². The third-order valence-corrected chi connectivity index (χ3v) is 2.68. The van der Waals surface area contributed by atoms with Gasteiger partial charge in [-0.1, -0.05) is 0 Å². The van der Waals surface area contributed by atoms with Crippen LogP contribution in [0.2, 0.25) is 0 Å². The second kappa shape index (κ2) is 5.77. The second-order valence-corrected chi connectivity index (χ2v) is 4.12. The van der Waals surface area contributed by atoms with Crippen molar-refractivity contribution in [1.82, 2.24) is 10.3 Å². The topological polar surface area (TPSA) is 46.2 Å². The molecule has 5 heteroatoms. The number of pyridine rings is 1. The molecule has 4 nitrogen and oxygen atoms in total. The molecule has 2 heterocycles. The van der Waals surface area contributed by atoms with E-state index < -0.39 is 0 Å². The Labute approximate surface area is 100 Å². The van der Waals surface area contributed by atoms with Crippen molar-refractivity contribution in [2.75, 3.05) is 18.5 Å². The molecule has 0 amide bonds. The van der Waals surface area contributed by atoms with E-state index in [4.69, 9.17) is 17.0 Å². The first-order valence-electron chi connectivity index (χ1n) is 5.41. The van der Waals surface area contributed by atoms with Crippen LogP contribution in [-0.4, -0.2) is 29.4 Å². The number of hydrogen-bond acceptors (Lipinski definition) is 3. The van der Waals surface area contributed by atoms with Gasteiger partial charge in [-0.2, -0.15) is 0 Å². The standard InChI is InChI=1S/C11H15N3OS/c16-11(13-8-10-4-2-6-15-10)14-9-3-1-5-12-7-9/h1,3,5,7,10H,2,4,6,8H2,(H2,13,14,16)/t10-/m0/s1. The highest BCUT2D eigenvalue weighted by atomic mass is 32.1. The first-order chi connectivity index (χ1) is 7.84. The highest BCUT2D eigenvalue weighted by Gasteiger charge is 2.15. The molecular formula is C11H15N3OS. The van der Waals surface area contributed by atoms with Crippen molar-refractivity contribution >= 4 is 23.0 Å². The number of anilines is 1. The van der Waals surface area contributed by atoms with Gasteiger partial charge in [0.1, 0.15) is 0 Å². The molecule has 0 unspecified atom stereocenters. The number of rotatable bonds is 3. The fourth-order valence-electron chi connectivity index (χ4n) is 1.62. The van der Waals surface area contributed by atoms with Crippen LogP contribution in [0.4, 0.5) is 5.69 Å². The van der Waals surface area contributed by atoms with E-state index in [0.717, 1.165) is 31.7 Å². The molecule has 1 aliphatic heterocycles. The molecule has 0 aromatic carbocycles. The van der Waals surface area contributed by atoms with Gasteiger partial charge in [0.15, 0.2) is 5.11 Å². The minimum atomic E-state index is 0.300. The highest BCUT2D eigenvalue weighted by Crippen LogP contribution is 2.10. The predicted octanol–water partition coefficient (Wildman–Crippen LogP) is 1.55. The van der Waals surface area contributed by atoms with Gasteiger partial charge in [0.05, 0.1) is 18.0 Å². The summed E-state index contributed by atoms with van der Waals surface area (Å²) in [4.78, 5) is 4.00. The van der Waals surface area contributed by atoms with Gasteiger partial charge >= 0.3 is 0 Å². The van der Waals surface area contributed by atoms with Crippen molar-refractivity contribution in [2.24, 2.45) is 0 Å². The molecule has 86 valence electrons. The Bertz CT molecular complexity index is 338. The van der Waals surface area contributed by atoms with Crippen LogP contribution in [0.1, 0.15) is 12.8 Å². The van der Waals surface area contributed by atoms with E-state index in [-0.39, 0.29) is 0 Å². The predicted molar refractivity (Wildman–Crippen MR) is 67.4 cm³/mol. The highest BCUT2D eigenvalue weighted by molar-refractivity contribution is 7.80. The van der Waals surface area contributed by atoms with Crippen LogP contribution in [0.3, 0.4) is 0 Å². The fraction of sp³-hybridized carbons (Fsp3) is 0.455. The molecule has 0 saturated carbocycles. The maximum atomic E-state index is 5.49. The molecule has 0 spiro atoms. The quantitative estimate of drug-likeness (QED) is 0.781. The Balaban J connectivity index is 1.72. The normalized spacial score (nSPS) is 19.4. The summed E-state index contributed by atoms with van der Waals surface area (Å²) in [5.41, 5.74) is 0.896. The molecule has 1 aromatic heterocycles. The average molecular weight is 237 g/mol. The number of nitrogens with one attached hydrogen (secondary N) is 2. The van der Waals surface area contributed by atoms with Gasteiger partial charge < -0.3 is 15.4 Å². The van der Waals surface area contributed by atoms with Crippen molar-refractivity contribution in [1.29, 1.82) is 0 Å². The fourth-order valence-corrected chi connectivity index (χ4v) is 1.83. The van der Waals surface area contributed by atoms with Crippen LogP contribution in [0.25, 0.3) is 0 Å². The maximum absolute atomic E-state index is 5.49. The zero-order valence-electron chi connectivity index (χ0n) is 8.98. The van der Waals surface area contributed by atoms with Crippen LogP contribution in [0, 0.1) is 0 Å². The molecule has 0 radical (unpaired) electrons. The van der Waals surface area contributed by atoms with Gasteiger partial charge in [0.25, 0.3) is 0 Å². The third-order valence-electron chi connectivity index (χ3n) is 2.43. The molecule has 1 aliphatic rings. The van der Waals surface area contributed by atoms with Crippen molar-refractivity contribution in [3.8, 4) is 0 Å². The second-order valence-electron chi connectivity index (χ2n) is 3.71. The minimum absolute atomic E-state index is 0.300. The van der Waals surface area contributed by atoms with E-state index in [0.29, 0.717) is 11.2 Å². The lowest BCUT2D eigenvalue weighted by Gasteiger charge is -2.13. The number of thiocarbonyl (C=S) groups is 1. The molecular weight excluding hydrogens is 222 g/mol. The first-order valence-corrected chi connectivity index (χ1v) is 5.82. The Hall–Kier alpha value is -1.20. The van der Waals surface area contributed by atoms with Crippen molar-refractivity contribution < 1.29 is 4.74 Å². The van der Waals surface area contributed by atoms with E-state index in [1.54, 1.807) is 12.4 Å². The van der Waals surface area contributed by atoms with Gasteiger partial charge in [-0.05, 0) is 37.2 Å². The lowest BCUT2D eigenvalue weighted by Crippen LogP contribution is -2.34. The summed E-state index contributed by atoms with van der Waals surface area (Å²) in [6.45, 7) is 1.64. The Morgan fingerprint density at radius 2 is 2.56 bits per heavy atom. The summed E-state index contributed by atoms with van der Waals surface area (Å²) >= 11 is 5.17. The number of nitrogens with zero attached hydrogens (tertiary/aromatic N) is 1. The largest absolute Gasteiger partial charge is 0.376 e. The lowest BCUT2D eigenvalue weighted by atomic mass is 10.2. The molecule has 2 N–H and O–H groups in total. The van der Waals surface area contributed by atoms with E-state index >= 15 is 0 Å². The van der Waals surface area contributed by atoms with Crippen molar-refractivity contribution in [3.63, 3.8) is 0 Å².